The molecule has 8 heteroatoms. The summed E-state index contributed by atoms with van der Waals surface area (Å²) >= 11 is 0. The van der Waals surface area contributed by atoms with Crippen LogP contribution in [0.25, 0.3) is 0 Å². The van der Waals surface area contributed by atoms with Crippen molar-refractivity contribution in [2.45, 2.75) is 26.4 Å². The summed E-state index contributed by atoms with van der Waals surface area (Å²) in [7, 11) is 3.36. The molecule has 0 aromatic carbocycles. The van der Waals surface area contributed by atoms with Gasteiger partial charge in [0.1, 0.15) is 6.54 Å². The molecule has 8 nitrogen and oxygen atoms in total. The van der Waals surface area contributed by atoms with Crippen LogP contribution in [-0.4, -0.2) is 87.8 Å². The van der Waals surface area contributed by atoms with E-state index in [2.05, 4.69) is 29.1 Å². The molecule has 1 aliphatic heterocycles. The van der Waals surface area contributed by atoms with Crippen molar-refractivity contribution < 1.29 is 9.59 Å². The SMILES string of the molecule is CC(C)N1CCN(C(=O)c2cn(CC(=O)N(C)C)nn2)CC1. The first-order valence-corrected chi connectivity index (χ1v) is 7.52. The van der Waals surface area contributed by atoms with Gasteiger partial charge < -0.3 is 9.80 Å². The molecule has 0 N–H and O–H groups in total. The van der Waals surface area contributed by atoms with Crippen LogP contribution in [0.5, 0.6) is 0 Å². The Hall–Kier alpha value is -1.96. The highest BCUT2D eigenvalue weighted by Gasteiger charge is 2.25. The van der Waals surface area contributed by atoms with E-state index in [4.69, 9.17) is 0 Å². The molecule has 0 aliphatic carbocycles. The molecule has 22 heavy (non-hydrogen) atoms. The number of piperazine rings is 1. The Morgan fingerprint density at radius 1 is 1.23 bits per heavy atom. The van der Waals surface area contributed by atoms with Crippen LogP contribution in [0, 0.1) is 0 Å². The van der Waals surface area contributed by atoms with Gasteiger partial charge in [-0.25, -0.2) is 4.68 Å². The Kier molecular flexibility index (Phi) is 5.12. The van der Waals surface area contributed by atoms with Crippen LogP contribution < -0.4 is 0 Å². The van der Waals surface area contributed by atoms with E-state index < -0.39 is 0 Å². The van der Waals surface area contributed by atoms with E-state index >= 15 is 0 Å². The zero-order valence-electron chi connectivity index (χ0n) is 13.7. The van der Waals surface area contributed by atoms with E-state index in [1.54, 1.807) is 25.2 Å². The number of rotatable bonds is 4. The standard InChI is InChI=1S/C14H24N6O2/c1-11(2)18-5-7-19(8-6-18)14(22)12-9-20(16-15-12)10-13(21)17(3)4/h9,11H,5-8,10H2,1-4H3. The molecular formula is C14H24N6O2. The van der Waals surface area contributed by atoms with Gasteiger partial charge in [-0.3, -0.25) is 14.5 Å². The van der Waals surface area contributed by atoms with Gasteiger partial charge in [-0.15, -0.1) is 5.10 Å². The Labute approximate surface area is 130 Å². The van der Waals surface area contributed by atoms with Crippen molar-refractivity contribution in [2.24, 2.45) is 0 Å². The van der Waals surface area contributed by atoms with Crippen LogP contribution in [0.1, 0.15) is 24.3 Å². The molecule has 0 bridgehead atoms. The monoisotopic (exact) mass is 308 g/mol. The summed E-state index contributed by atoms with van der Waals surface area (Å²) in [6.45, 7) is 7.54. The van der Waals surface area contributed by atoms with Gasteiger partial charge in [0.15, 0.2) is 5.69 Å². The normalized spacial score (nSPS) is 16.1. The summed E-state index contributed by atoms with van der Waals surface area (Å²) in [4.78, 5) is 29.7. The van der Waals surface area contributed by atoms with Gasteiger partial charge >= 0.3 is 0 Å². The van der Waals surface area contributed by atoms with Gasteiger partial charge in [0, 0.05) is 46.3 Å². The van der Waals surface area contributed by atoms with Gasteiger partial charge in [0.05, 0.1) is 6.20 Å². The van der Waals surface area contributed by atoms with Crippen LogP contribution in [-0.2, 0) is 11.3 Å². The maximum Gasteiger partial charge on any atom is 0.276 e. The smallest absolute Gasteiger partial charge is 0.276 e. The van der Waals surface area contributed by atoms with Crippen molar-refractivity contribution in [3.8, 4) is 0 Å². The lowest BCUT2D eigenvalue weighted by Crippen LogP contribution is -2.50. The predicted molar refractivity (Wildman–Crippen MR) is 81.3 cm³/mol. The third-order valence-electron chi connectivity index (χ3n) is 3.89. The first kappa shape index (κ1) is 16.4. The molecule has 0 radical (unpaired) electrons. The minimum absolute atomic E-state index is 0.0885. The van der Waals surface area contributed by atoms with Crippen LogP contribution in [0.2, 0.25) is 0 Å². The second-order valence-electron chi connectivity index (χ2n) is 6.01. The van der Waals surface area contributed by atoms with E-state index in [1.807, 2.05) is 0 Å². The minimum atomic E-state index is -0.119. The lowest BCUT2D eigenvalue weighted by atomic mass is 10.2. The molecule has 2 amide bonds. The van der Waals surface area contributed by atoms with Crippen molar-refractivity contribution in [1.29, 1.82) is 0 Å². The molecule has 0 saturated carbocycles. The summed E-state index contributed by atoms with van der Waals surface area (Å²) < 4.78 is 1.40. The maximum atomic E-state index is 12.4. The fourth-order valence-corrected chi connectivity index (χ4v) is 2.36. The molecule has 122 valence electrons. The Bertz CT molecular complexity index is 531. The number of hydrogen-bond acceptors (Lipinski definition) is 5. The molecule has 0 unspecified atom stereocenters. The van der Waals surface area contributed by atoms with Gasteiger partial charge in [0.25, 0.3) is 5.91 Å². The van der Waals surface area contributed by atoms with Crippen LogP contribution in [0.15, 0.2) is 6.20 Å². The summed E-state index contributed by atoms with van der Waals surface area (Å²) in [6, 6.07) is 0.496. The predicted octanol–water partition coefficient (Wildman–Crippen LogP) is -0.467. The summed E-state index contributed by atoms with van der Waals surface area (Å²) in [5, 5.41) is 7.75. The first-order valence-electron chi connectivity index (χ1n) is 7.52. The zero-order valence-corrected chi connectivity index (χ0v) is 13.7. The molecule has 1 saturated heterocycles. The molecule has 1 aliphatic rings. The average Bonchev–Trinajstić information content (AvgIpc) is 2.95. The number of carbonyl (C=O) groups is 2. The second-order valence-corrected chi connectivity index (χ2v) is 6.01. The van der Waals surface area contributed by atoms with Crippen molar-refractivity contribution in [2.75, 3.05) is 40.3 Å². The average molecular weight is 308 g/mol. The number of hydrogen-bond donors (Lipinski definition) is 0. The molecule has 0 spiro atoms. The first-order chi connectivity index (χ1) is 10.4. The van der Waals surface area contributed by atoms with Gasteiger partial charge in [-0.1, -0.05) is 5.21 Å². The Balaban J connectivity index is 1.94. The fourth-order valence-electron chi connectivity index (χ4n) is 2.36. The molecule has 1 fully saturated rings. The summed E-state index contributed by atoms with van der Waals surface area (Å²) in [6.07, 6.45) is 1.54. The number of nitrogens with zero attached hydrogens (tertiary/aromatic N) is 6. The Morgan fingerprint density at radius 2 is 1.86 bits per heavy atom. The van der Waals surface area contributed by atoms with Crippen LogP contribution in [0.4, 0.5) is 0 Å². The van der Waals surface area contributed by atoms with E-state index in [0.29, 0.717) is 24.8 Å². The van der Waals surface area contributed by atoms with Crippen LogP contribution >= 0.6 is 0 Å². The second kappa shape index (κ2) is 6.87. The fraction of sp³-hybridized carbons (Fsp3) is 0.714. The van der Waals surface area contributed by atoms with Crippen molar-refractivity contribution in [3.63, 3.8) is 0 Å². The summed E-state index contributed by atoms with van der Waals surface area (Å²) in [5.74, 6) is -0.207. The molecule has 2 rings (SSSR count). The number of carbonyl (C=O) groups excluding carboxylic acids is 2. The van der Waals surface area contributed by atoms with E-state index in [9.17, 15) is 9.59 Å². The van der Waals surface area contributed by atoms with E-state index in [-0.39, 0.29) is 18.4 Å². The highest BCUT2D eigenvalue weighted by atomic mass is 16.2. The lowest BCUT2D eigenvalue weighted by Gasteiger charge is -2.36. The van der Waals surface area contributed by atoms with Gasteiger partial charge in [-0.2, -0.15) is 0 Å². The highest BCUT2D eigenvalue weighted by molar-refractivity contribution is 5.92. The highest BCUT2D eigenvalue weighted by Crippen LogP contribution is 2.09. The summed E-state index contributed by atoms with van der Waals surface area (Å²) in [5.41, 5.74) is 0.296. The van der Waals surface area contributed by atoms with E-state index in [1.165, 1.54) is 9.58 Å². The lowest BCUT2D eigenvalue weighted by molar-refractivity contribution is -0.129. The minimum Gasteiger partial charge on any atom is -0.347 e. The van der Waals surface area contributed by atoms with Crippen molar-refractivity contribution >= 4 is 11.8 Å². The molecule has 2 heterocycles. The molecule has 0 atom stereocenters. The van der Waals surface area contributed by atoms with E-state index in [0.717, 1.165) is 13.1 Å². The molecular weight excluding hydrogens is 284 g/mol. The number of aromatic nitrogens is 3. The molecule has 1 aromatic rings. The quantitative estimate of drug-likeness (QED) is 0.752. The van der Waals surface area contributed by atoms with Gasteiger partial charge in [0.2, 0.25) is 5.91 Å². The maximum absolute atomic E-state index is 12.4. The van der Waals surface area contributed by atoms with Crippen molar-refractivity contribution in [1.82, 2.24) is 29.7 Å². The topological polar surface area (TPSA) is 74.6 Å². The number of likely N-dealkylation sites (N-methyl/N-ethyl adjacent to an activating group) is 1. The van der Waals surface area contributed by atoms with Gasteiger partial charge in [-0.05, 0) is 13.8 Å². The molecule has 1 aromatic heterocycles. The largest absolute Gasteiger partial charge is 0.347 e. The Morgan fingerprint density at radius 3 is 2.41 bits per heavy atom. The third kappa shape index (κ3) is 3.82. The van der Waals surface area contributed by atoms with Crippen LogP contribution in [0.3, 0.4) is 0 Å². The third-order valence-corrected chi connectivity index (χ3v) is 3.89. The van der Waals surface area contributed by atoms with Crippen molar-refractivity contribution in [3.05, 3.63) is 11.9 Å². The zero-order chi connectivity index (χ0) is 16.3. The number of amides is 2.